The molecule has 5 nitrogen and oxygen atoms in total. The Hall–Kier alpha value is -2.45. The molecule has 1 aliphatic heterocycles. The highest BCUT2D eigenvalue weighted by Gasteiger charge is 2.30. The van der Waals surface area contributed by atoms with Gasteiger partial charge in [0.15, 0.2) is 0 Å². The topological polar surface area (TPSA) is 53.6 Å². The lowest BCUT2D eigenvalue weighted by atomic mass is 10.2. The smallest absolute Gasteiger partial charge is 0.378 e. The molecule has 0 radical (unpaired) electrons. The number of nitrogens with zero attached hydrogens (tertiary/aromatic N) is 1. The zero-order valence-electron chi connectivity index (χ0n) is 14.9. The van der Waals surface area contributed by atoms with Crippen LogP contribution in [0.3, 0.4) is 0 Å². The van der Waals surface area contributed by atoms with Crippen LogP contribution in [-0.2, 0) is 15.7 Å². The summed E-state index contributed by atoms with van der Waals surface area (Å²) in [6.07, 6.45) is -4.41. The van der Waals surface area contributed by atoms with Crippen molar-refractivity contribution >= 4 is 34.6 Å². The van der Waals surface area contributed by atoms with Gasteiger partial charge in [0.1, 0.15) is 0 Å². The monoisotopic (exact) mass is 413 g/mol. The van der Waals surface area contributed by atoms with Crippen molar-refractivity contribution in [3.63, 3.8) is 0 Å². The molecule has 2 N–H and O–H groups in total. The highest BCUT2D eigenvalue weighted by Crippen LogP contribution is 2.31. The third-order valence-corrected chi connectivity index (χ3v) is 4.48. The lowest BCUT2D eigenvalue weighted by Gasteiger charge is -2.30. The lowest BCUT2D eigenvalue weighted by Crippen LogP contribution is -2.36. The number of anilines is 3. The first-order valence-electron chi connectivity index (χ1n) is 8.66. The van der Waals surface area contributed by atoms with Gasteiger partial charge in [-0.15, -0.1) is 0 Å². The van der Waals surface area contributed by atoms with Gasteiger partial charge in [-0.3, -0.25) is 4.79 Å². The van der Waals surface area contributed by atoms with Crippen molar-refractivity contribution in [2.45, 2.75) is 6.18 Å². The van der Waals surface area contributed by atoms with Gasteiger partial charge in [-0.1, -0.05) is 11.6 Å². The van der Waals surface area contributed by atoms with E-state index >= 15 is 0 Å². The van der Waals surface area contributed by atoms with Gasteiger partial charge in [0.05, 0.1) is 36.7 Å². The van der Waals surface area contributed by atoms with Crippen LogP contribution in [0, 0.1) is 0 Å². The molecule has 1 amide bonds. The number of hydrogen-bond donors (Lipinski definition) is 2. The summed E-state index contributed by atoms with van der Waals surface area (Å²) in [6, 6.07) is 9.69. The zero-order chi connectivity index (χ0) is 20.1. The van der Waals surface area contributed by atoms with Crippen LogP contribution in [0.2, 0.25) is 5.02 Å². The van der Waals surface area contributed by atoms with Crippen LogP contribution < -0.4 is 15.5 Å². The Bertz CT molecular complexity index is 822. The number of ether oxygens (including phenoxy) is 1. The molecule has 28 heavy (non-hydrogen) atoms. The van der Waals surface area contributed by atoms with Gasteiger partial charge in [0.2, 0.25) is 5.91 Å². The lowest BCUT2D eigenvalue weighted by molar-refractivity contribution is -0.137. The fourth-order valence-corrected chi connectivity index (χ4v) is 3.03. The second-order valence-corrected chi connectivity index (χ2v) is 6.67. The third-order valence-electron chi connectivity index (χ3n) is 4.25. The number of hydrogen-bond acceptors (Lipinski definition) is 4. The van der Waals surface area contributed by atoms with Gasteiger partial charge in [-0.2, -0.15) is 13.2 Å². The van der Waals surface area contributed by atoms with Crippen LogP contribution in [0.5, 0.6) is 0 Å². The highest BCUT2D eigenvalue weighted by molar-refractivity contribution is 6.31. The molecule has 0 spiro atoms. The number of carbonyl (C=O) groups excluding carboxylic acids is 1. The van der Waals surface area contributed by atoms with Gasteiger partial charge in [0, 0.05) is 23.8 Å². The molecule has 0 atom stereocenters. The van der Waals surface area contributed by atoms with Gasteiger partial charge in [0.25, 0.3) is 0 Å². The summed E-state index contributed by atoms with van der Waals surface area (Å²) >= 11 is 6.08. The van der Waals surface area contributed by atoms with E-state index in [1.165, 1.54) is 12.1 Å². The van der Waals surface area contributed by atoms with Crippen molar-refractivity contribution < 1.29 is 22.7 Å². The molecule has 0 unspecified atom stereocenters. The minimum atomic E-state index is -4.41. The van der Waals surface area contributed by atoms with Crippen molar-refractivity contribution in [2.75, 3.05) is 48.4 Å². The normalized spacial score (nSPS) is 14.6. The Kier molecular flexibility index (Phi) is 6.31. The van der Waals surface area contributed by atoms with Gasteiger partial charge in [-0.25, -0.2) is 0 Å². The van der Waals surface area contributed by atoms with Gasteiger partial charge in [-0.05, 0) is 42.5 Å². The molecule has 1 saturated heterocycles. The van der Waals surface area contributed by atoms with E-state index in [2.05, 4.69) is 15.5 Å². The molecule has 3 rings (SSSR count). The molecule has 0 aromatic heterocycles. The summed E-state index contributed by atoms with van der Waals surface area (Å²) < 4.78 is 43.1. The molecule has 1 fully saturated rings. The number of carbonyl (C=O) groups is 1. The van der Waals surface area contributed by atoms with E-state index < -0.39 is 11.7 Å². The van der Waals surface area contributed by atoms with Crippen LogP contribution in [0.1, 0.15) is 5.56 Å². The van der Waals surface area contributed by atoms with Crippen molar-refractivity contribution in [1.82, 2.24) is 0 Å². The maximum atomic E-state index is 12.6. The average molecular weight is 414 g/mol. The summed E-state index contributed by atoms with van der Waals surface area (Å²) in [4.78, 5) is 14.3. The van der Waals surface area contributed by atoms with Crippen LogP contribution >= 0.6 is 11.6 Å². The second-order valence-electron chi connectivity index (χ2n) is 6.24. The van der Waals surface area contributed by atoms with Crippen LogP contribution in [-0.4, -0.2) is 38.8 Å². The van der Waals surface area contributed by atoms with Gasteiger partial charge >= 0.3 is 6.18 Å². The predicted molar refractivity (Wildman–Crippen MR) is 103 cm³/mol. The minimum Gasteiger partial charge on any atom is -0.378 e. The van der Waals surface area contributed by atoms with Crippen molar-refractivity contribution in [3.8, 4) is 0 Å². The number of rotatable bonds is 5. The van der Waals surface area contributed by atoms with E-state index in [0.29, 0.717) is 29.6 Å². The quantitative estimate of drug-likeness (QED) is 0.769. The maximum absolute atomic E-state index is 12.6. The number of alkyl halides is 3. The van der Waals surface area contributed by atoms with Crippen LogP contribution in [0.15, 0.2) is 42.5 Å². The Labute approximate surface area is 165 Å². The molecule has 0 aliphatic carbocycles. The molecule has 1 aliphatic rings. The van der Waals surface area contributed by atoms with Crippen molar-refractivity contribution in [1.29, 1.82) is 0 Å². The molecule has 2 aromatic carbocycles. The Morgan fingerprint density at radius 2 is 1.79 bits per heavy atom. The van der Waals surface area contributed by atoms with Crippen molar-refractivity contribution in [2.24, 2.45) is 0 Å². The standard InChI is InChI=1S/C19H19ClF3N3O2/c20-14-3-6-17(26-7-9-28-10-8-26)16(11-14)24-12-18(27)25-15-4-1-13(2-5-15)19(21,22)23/h1-6,11,24H,7-10,12H2,(H,25,27). The number of halogens is 4. The SMILES string of the molecule is O=C(CNc1cc(Cl)ccc1N1CCOCC1)Nc1ccc(C(F)(F)F)cc1. The summed E-state index contributed by atoms with van der Waals surface area (Å²) in [5.41, 5.74) is 1.14. The Balaban J connectivity index is 1.62. The van der Waals surface area contributed by atoms with E-state index in [1.54, 1.807) is 12.1 Å². The first-order valence-corrected chi connectivity index (χ1v) is 9.04. The zero-order valence-corrected chi connectivity index (χ0v) is 15.6. The van der Waals surface area contributed by atoms with E-state index in [4.69, 9.17) is 16.3 Å². The van der Waals surface area contributed by atoms with E-state index in [-0.39, 0.29) is 12.5 Å². The number of benzene rings is 2. The van der Waals surface area contributed by atoms with Gasteiger partial charge < -0.3 is 20.3 Å². The van der Waals surface area contributed by atoms with E-state index in [1.807, 2.05) is 6.07 Å². The van der Waals surface area contributed by atoms with Crippen LogP contribution in [0.25, 0.3) is 0 Å². The van der Waals surface area contributed by atoms with Crippen molar-refractivity contribution in [3.05, 3.63) is 53.1 Å². The first-order chi connectivity index (χ1) is 13.3. The Morgan fingerprint density at radius 1 is 1.11 bits per heavy atom. The molecule has 150 valence electrons. The maximum Gasteiger partial charge on any atom is 0.416 e. The largest absolute Gasteiger partial charge is 0.416 e. The fourth-order valence-electron chi connectivity index (χ4n) is 2.85. The molecular formula is C19H19ClF3N3O2. The molecule has 1 heterocycles. The predicted octanol–water partition coefficient (Wildman–Crippen LogP) is 4.25. The molecular weight excluding hydrogens is 395 g/mol. The van der Waals surface area contributed by atoms with E-state index in [9.17, 15) is 18.0 Å². The molecule has 2 aromatic rings. The minimum absolute atomic E-state index is 0.0568. The summed E-state index contributed by atoms with van der Waals surface area (Å²) in [5.74, 6) is -0.382. The highest BCUT2D eigenvalue weighted by atomic mass is 35.5. The van der Waals surface area contributed by atoms with Crippen LogP contribution in [0.4, 0.5) is 30.2 Å². The summed E-state index contributed by atoms with van der Waals surface area (Å²) in [7, 11) is 0. The number of nitrogens with one attached hydrogen (secondary N) is 2. The summed E-state index contributed by atoms with van der Waals surface area (Å²) in [6.45, 7) is 2.65. The first kappa shape index (κ1) is 20.3. The number of amides is 1. The number of morpholine rings is 1. The Morgan fingerprint density at radius 3 is 2.43 bits per heavy atom. The fraction of sp³-hybridized carbons (Fsp3) is 0.316. The molecule has 9 heteroatoms. The summed E-state index contributed by atoms with van der Waals surface area (Å²) in [5, 5.41) is 6.15. The third kappa shape index (κ3) is 5.30. The second kappa shape index (κ2) is 8.70. The van der Waals surface area contributed by atoms with E-state index in [0.717, 1.165) is 30.9 Å². The molecule has 0 bridgehead atoms. The molecule has 0 saturated carbocycles. The average Bonchev–Trinajstić information content (AvgIpc) is 2.67.